The molecule has 0 aromatic heterocycles. The summed E-state index contributed by atoms with van der Waals surface area (Å²) in [5.41, 5.74) is 0. The molecule has 1 saturated heterocycles. The summed E-state index contributed by atoms with van der Waals surface area (Å²) in [5, 5.41) is 10.6. The number of thioether (sulfide) groups is 1. The number of hydroxylamine groups is 2. The van der Waals surface area contributed by atoms with E-state index in [4.69, 9.17) is 0 Å². The van der Waals surface area contributed by atoms with Crippen molar-refractivity contribution in [3.63, 3.8) is 0 Å². The van der Waals surface area contributed by atoms with E-state index in [-0.39, 0.29) is 15.1 Å². The molecule has 1 rings (SSSR count). The molecule has 44 valence electrons. The average Bonchev–Trinajstić information content (AvgIpc) is 1.98. The van der Waals surface area contributed by atoms with Crippen molar-refractivity contribution in [2.45, 2.75) is 0 Å². The predicted octanol–water partition coefficient (Wildman–Crippen LogP) is 0.345. The van der Waals surface area contributed by atoms with Crippen molar-refractivity contribution in [3.05, 3.63) is 5.21 Å². The highest BCUT2D eigenvalue weighted by Gasteiger charge is 2.17. The van der Waals surface area contributed by atoms with Gasteiger partial charge in [0.25, 0.3) is 0 Å². The highest BCUT2D eigenvalue weighted by molar-refractivity contribution is 8.23. The average molecular weight is 148 g/mol. The van der Waals surface area contributed by atoms with Gasteiger partial charge in [-0.15, -0.1) is 0 Å². The van der Waals surface area contributed by atoms with E-state index in [1.807, 2.05) is 0 Å². The first kappa shape index (κ1) is 6.00. The summed E-state index contributed by atoms with van der Waals surface area (Å²) in [5.74, 6) is -0.234. The normalized spacial score (nSPS) is 20.4. The van der Waals surface area contributed by atoms with Crippen LogP contribution >= 0.6 is 24.0 Å². The summed E-state index contributed by atoms with van der Waals surface area (Å²) in [6.45, 7) is 0. The van der Waals surface area contributed by atoms with Gasteiger partial charge < -0.3 is 10.3 Å². The van der Waals surface area contributed by atoms with E-state index in [9.17, 15) is 10.0 Å². The number of amides is 1. The van der Waals surface area contributed by atoms with Crippen molar-refractivity contribution in [1.29, 1.82) is 0 Å². The quantitative estimate of drug-likeness (QED) is 0.465. The Kier molecular flexibility index (Phi) is 1.50. The Morgan fingerprint density at radius 3 is 2.62 bits per heavy atom. The standard InChI is InChI=1S/C3H2NO2S2/c5-2-1-8-3(7)4(2)6/h1H2/q-1. The molecule has 1 amide bonds. The highest BCUT2D eigenvalue weighted by Crippen LogP contribution is 2.16. The molecule has 1 heterocycles. The Labute approximate surface area is 55.6 Å². The molecule has 0 unspecified atom stereocenters. The lowest BCUT2D eigenvalue weighted by Gasteiger charge is -2.18. The fraction of sp³-hybridized carbons (Fsp3) is 0.333. The molecular formula is C3H2NO2S2-. The molecule has 0 atom stereocenters. The molecule has 8 heavy (non-hydrogen) atoms. The molecule has 1 aliphatic rings. The van der Waals surface area contributed by atoms with Gasteiger partial charge in [-0.1, -0.05) is 24.0 Å². The Bertz CT molecular complexity index is 130. The van der Waals surface area contributed by atoms with Crippen LogP contribution in [0.25, 0.3) is 0 Å². The van der Waals surface area contributed by atoms with Crippen LogP contribution < -0.4 is 0 Å². The fourth-order valence-corrected chi connectivity index (χ4v) is 1.20. The fourth-order valence-electron chi connectivity index (χ4n) is 0.343. The van der Waals surface area contributed by atoms with Crippen LogP contribution in [0.5, 0.6) is 0 Å². The topological polar surface area (TPSA) is 43.4 Å². The zero-order valence-corrected chi connectivity index (χ0v) is 5.42. The van der Waals surface area contributed by atoms with Crippen LogP contribution in [-0.4, -0.2) is 21.0 Å². The van der Waals surface area contributed by atoms with Gasteiger partial charge in [0.2, 0.25) is 5.91 Å². The Hall–Kier alpha value is -0.130. The SMILES string of the molecule is O=C1CSC(=S)N1[O-]. The van der Waals surface area contributed by atoms with Crippen molar-refractivity contribution in [1.82, 2.24) is 5.06 Å². The van der Waals surface area contributed by atoms with Crippen molar-refractivity contribution >= 4 is 34.2 Å². The molecule has 0 aromatic carbocycles. The largest absolute Gasteiger partial charge is 0.751 e. The summed E-state index contributed by atoms with van der Waals surface area (Å²) in [6.07, 6.45) is 0. The van der Waals surface area contributed by atoms with Gasteiger partial charge in [0.05, 0.1) is 5.75 Å². The lowest BCUT2D eigenvalue weighted by atomic mass is 10.7. The molecule has 5 heteroatoms. The molecule has 0 saturated carbocycles. The van der Waals surface area contributed by atoms with E-state index < -0.39 is 5.91 Å². The van der Waals surface area contributed by atoms with Gasteiger partial charge in [-0.05, 0) is 0 Å². The van der Waals surface area contributed by atoms with E-state index in [1.54, 1.807) is 0 Å². The molecule has 0 N–H and O–H groups in total. The van der Waals surface area contributed by atoms with E-state index in [2.05, 4.69) is 12.2 Å². The minimum Gasteiger partial charge on any atom is -0.751 e. The summed E-state index contributed by atoms with van der Waals surface area (Å²) in [6, 6.07) is 0. The summed E-state index contributed by atoms with van der Waals surface area (Å²) in [4.78, 5) is 10.3. The van der Waals surface area contributed by atoms with Gasteiger partial charge in [0.1, 0.15) is 4.32 Å². The van der Waals surface area contributed by atoms with Crippen LogP contribution in [0.4, 0.5) is 0 Å². The number of rotatable bonds is 0. The molecular weight excluding hydrogens is 146 g/mol. The number of thiocarbonyl (C=S) groups is 1. The zero-order chi connectivity index (χ0) is 6.15. The molecule has 0 bridgehead atoms. The van der Waals surface area contributed by atoms with Crippen LogP contribution in [-0.2, 0) is 4.79 Å². The monoisotopic (exact) mass is 148 g/mol. The van der Waals surface area contributed by atoms with Crippen molar-refractivity contribution in [2.75, 3.05) is 5.75 Å². The minimum atomic E-state index is -0.444. The molecule has 0 spiro atoms. The first-order valence-corrected chi connectivity index (χ1v) is 3.28. The van der Waals surface area contributed by atoms with Gasteiger partial charge in [-0.25, -0.2) is 0 Å². The molecule has 3 nitrogen and oxygen atoms in total. The maximum absolute atomic E-state index is 10.3. The second kappa shape index (κ2) is 2.00. The maximum atomic E-state index is 10.3. The van der Waals surface area contributed by atoms with Crippen LogP contribution in [0.3, 0.4) is 0 Å². The van der Waals surface area contributed by atoms with Gasteiger partial charge in [0, 0.05) is 0 Å². The van der Waals surface area contributed by atoms with E-state index in [0.717, 1.165) is 11.8 Å². The number of hydrogen-bond acceptors (Lipinski definition) is 4. The Balaban J connectivity index is 2.70. The summed E-state index contributed by atoms with van der Waals surface area (Å²) >= 11 is 5.58. The first-order valence-electron chi connectivity index (χ1n) is 1.88. The minimum absolute atomic E-state index is 0.134. The third-order valence-electron chi connectivity index (χ3n) is 0.711. The Morgan fingerprint density at radius 1 is 1.88 bits per heavy atom. The number of hydrogen-bond donors (Lipinski definition) is 0. The third kappa shape index (κ3) is 0.841. The summed E-state index contributed by atoms with van der Waals surface area (Å²) in [7, 11) is 0. The van der Waals surface area contributed by atoms with Crippen molar-refractivity contribution < 1.29 is 4.79 Å². The molecule has 0 radical (unpaired) electrons. The lowest BCUT2D eigenvalue weighted by Crippen LogP contribution is -2.20. The maximum Gasteiger partial charge on any atom is 0.227 e. The van der Waals surface area contributed by atoms with Crippen LogP contribution in [0.1, 0.15) is 0 Å². The third-order valence-corrected chi connectivity index (χ3v) is 2.03. The van der Waals surface area contributed by atoms with Gasteiger partial charge in [-0.3, -0.25) is 4.79 Å². The molecule has 1 fully saturated rings. The number of carbonyl (C=O) groups is 1. The van der Waals surface area contributed by atoms with Gasteiger partial charge in [0.15, 0.2) is 0 Å². The second-order valence-electron chi connectivity index (χ2n) is 1.24. The smallest absolute Gasteiger partial charge is 0.227 e. The van der Waals surface area contributed by atoms with E-state index >= 15 is 0 Å². The predicted molar refractivity (Wildman–Crippen MR) is 35.3 cm³/mol. The second-order valence-corrected chi connectivity index (χ2v) is 2.85. The highest BCUT2D eigenvalue weighted by atomic mass is 32.2. The number of carbonyl (C=O) groups excluding carboxylic acids is 1. The van der Waals surface area contributed by atoms with Crippen LogP contribution in [0, 0.1) is 5.21 Å². The molecule has 0 aromatic rings. The molecule has 0 aliphatic carbocycles. The van der Waals surface area contributed by atoms with Gasteiger partial charge >= 0.3 is 0 Å². The summed E-state index contributed by atoms with van der Waals surface area (Å²) < 4.78 is 0.134. The van der Waals surface area contributed by atoms with E-state index in [1.165, 1.54) is 0 Å². The lowest BCUT2D eigenvalue weighted by molar-refractivity contribution is -0.122. The van der Waals surface area contributed by atoms with Crippen molar-refractivity contribution in [2.24, 2.45) is 0 Å². The zero-order valence-electron chi connectivity index (χ0n) is 3.79. The molecule has 1 aliphatic heterocycles. The van der Waals surface area contributed by atoms with Crippen LogP contribution in [0.2, 0.25) is 0 Å². The van der Waals surface area contributed by atoms with Gasteiger partial charge in [-0.2, -0.15) is 0 Å². The Morgan fingerprint density at radius 2 is 2.50 bits per heavy atom. The van der Waals surface area contributed by atoms with E-state index in [0.29, 0.717) is 0 Å². The van der Waals surface area contributed by atoms with Crippen LogP contribution in [0.15, 0.2) is 0 Å². The first-order chi connectivity index (χ1) is 3.72. The number of nitrogens with zero attached hydrogens (tertiary/aromatic N) is 1. The van der Waals surface area contributed by atoms with Crippen molar-refractivity contribution in [3.8, 4) is 0 Å².